The highest BCUT2D eigenvalue weighted by Gasteiger charge is 2.50. The van der Waals surface area contributed by atoms with Crippen molar-refractivity contribution in [1.29, 1.82) is 0 Å². The molecule has 42 heavy (non-hydrogen) atoms. The molecule has 6 rings (SSSR count). The van der Waals surface area contributed by atoms with Gasteiger partial charge in [-0.25, -0.2) is 32.4 Å². The molecule has 12 nitrogen and oxygen atoms in total. The van der Waals surface area contributed by atoms with E-state index in [1.807, 2.05) is 13.1 Å². The van der Waals surface area contributed by atoms with Gasteiger partial charge in [0, 0.05) is 19.3 Å². The highest BCUT2D eigenvalue weighted by atomic mass is 32.2. The fourth-order valence-corrected chi connectivity index (χ4v) is 5.86. The lowest BCUT2D eigenvalue weighted by Gasteiger charge is -2.26. The lowest BCUT2D eigenvalue weighted by Crippen LogP contribution is -2.44. The molecule has 4 aromatic rings. The maximum absolute atomic E-state index is 15.1. The number of aryl methyl sites for hydroxylation is 1. The molecule has 0 aliphatic carbocycles. The molecule has 222 valence electrons. The van der Waals surface area contributed by atoms with Gasteiger partial charge in [0.05, 0.1) is 43.3 Å². The Morgan fingerprint density at radius 1 is 1.17 bits per heavy atom. The molecule has 2 aliphatic rings. The number of imidazole rings is 1. The summed E-state index contributed by atoms with van der Waals surface area (Å²) in [6.45, 7) is 1.57. The van der Waals surface area contributed by atoms with Crippen LogP contribution in [-0.4, -0.2) is 66.4 Å². The summed E-state index contributed by atoms with van der Waals surface area (Å²) in [4.78, 5) is 26.4. The lowest BCUT2D eigenvalue weighted by atomic mass is 10.1. The topological polar surface area (TPSA) is 137 Å². The number of benzene rings is 1. The molecule has 0 atom stereocenters. The van der Waals surface area contributed by atoms with Crippen LogP contribution in [0.2, 0.25) is 0 Å². The third-order valence-corrected chi connectivity index (χ3v) is 8.72. The molecule has 1 amide bonds. The molecule has 0 saturated carbocycles. The zero-order valence-electron chi connectivity index (χ0n) is 22.1. The van der Waals surface area contributed by atoms with Crippen LogP contribution in [-0.2, 0) is 53.8 Å². The number of aromatic nitrogens is 6. The fraction of sp³-hybridized carbons (Fsp3) is 0.400. The number of carbonyl (C=O) groups excluding carboxylic acids is 1. The monoisotopic (exact) mass is 608 g/mol. The number of amides is 1. The molecule has 5 heterocycles. The number of nitrogens with zero attached hydrogens (tertiary/aromatic N) is 7. The van der Waals surface area contributed by atoms with Crippen LogP contribution in [0.3, 0.4) is 0 Å². The van der Waals surface area contributed by atoms with Crippen molar-refractivity contribution in [1.82, 2.24) is 38.8 Å². The second-order valence-electron chi connectivity index (χ2n) is 9.80. The van der Waals surface area contributed by atoms with Crippen molar-refractivity contribution in [2.24, 2.45) is 0 Å². The fourth-order valence-electron chi connectivity index (χ4n) is 4.96. The summed E-state index contributed by atoms with van der Waals surface area (Å²) >= 11 is 0. The summed E-state index contributed by atoms with van der Waals surface area (Å²) in [5.74, 6) is -0.858. The van der Waals surface area contributed by atoms with Crippen LogP contribution >= 0.6 is 0 Å². The molecule has 0 saturated heterocycles. The minimum absolute atomic E-state index is 0.00396. The van der Waals surface area contributed by atoms with Crippen LogP contribution in [0.15, 0.2) is 24.4 Å². The van der Waals surface area contributed by atoms with E-state index in [2.05, 4.69) is 25.4 Å². The zero-order valence-corrected chi connectivity index (χ0v) is 23.0. The lowest BCUT2D eigenvalue weighted by molar-refractivity contribution is -0.0496. The number of alkyl halides is 3. The Kier molecular flexibility index (Phi) is 6.97. The van der Waals surface area contributed by atoms with Gasteiger partial charge in [-0.15, -0.1) is 0 Å². The van der Waals surface area contributed by atoms with Crippen molar-refractivity contribution in [2.45, 2.75) is 51.5 Å². The summed E-state index contributed by atoms with van der Waals surface area (Å²) in [5.41, 5.74) is -2.33. The maximum Gasteiger partial charge on any atom is 0.511 e. The van der Waals surface area contributed by atoms with Crippen molar-refractivity contribution >= 4 is 21.7 Å². The first-order valence-electron chi connectivity index (χ1n) is 13.0. The van der Waals surface area contributed by atoms with Gasteiger partial charge >= 0.3 is 15.5 Å². The molecule has 0 fully saturated rings. The van der Waals surface area contributed by atoms with E-state index in [4.69, 9.17) is 4.74 Å². The quantitative estimate of drug-likeness (QED) is 0.330. The molecule has 0 bridgehead atoms. The molecule has 0 spiro atoms. The van der Waals surface area contributed by atoms with Crippen molar-refractivity contribution in [3.63, 3.8) is 0 Å². The van der Waals surface area contributed by atoms with Crippen molar-refractivity contribution in [3.05, 3.63) is 64.2 Å². The van der Waals surface area contributed by atoms with E-state index in [0.29, 0.717) is 48.8 Å². The summed E-state index contributed by atoms with van der Waals surface area (Å²) in [6.07, 6.45) is 3.02. The number of nitrogens with one attached hydrogen (secondary N) is 1. The Bertz CT molecular complexity index is 1820. The van der Waals surface area contributed by atoms with Gasteiger partial charge in [0.1, 0.15) is 17.3 Å². The number of hydrogen-bond donors (Lipinski definition) is 1. The van der Waals surface area contributed by atoms with Gasteiger partial charge in [0.15, 0.2) is 5.82 Å². The van der Waals surface area contributed by atoms with Crippen LogP contribution in [0, 0.1) is 5.82 Å². The second-order valence-corrected chi connectivity index (χ2v) is 11.7. The Labute approximate surface area is 236 Å². The standard InChI is InChI=1S/C25H24F4N8O4S/c1-2-18-21(36-11-15-5-8-41-13-19(15)32-24(36)31-18)23(38)30-10-14-3-4-16(17(26)9-14)22-33-20-12-35(6-7-37(20)34-22)42(39,40)25(27,28)29/h3-4,9,11H,2,5-8,10,12-13H2,1H3,(H,30,38). The number of ether oxygens (including phenoxy) is 1. The number of sulfonamides is 1. The smallest absolute Gasteiger partial charge is 0.375 e. The Morgan fingerprint density at radius 2 is 1.98 bits per heavy atom. The van der Waals surface area contributed by atoms with Crippen LogP contribution in [0.1, 0.15) is 45.8 Å². The third-order valence-electron chi connectivity index (χ3n) is 7.15. The Balaban J connectivity index is 1.18. The van der Waals surface area contributed by atoms with Gasteiger partial charge in [0.2, 0.25) is 5.78 Å². The number of hydrogen-bond acceptors (Lipinski definition) is 8. The molecule has 1 aromatic carbocycles. The SMILES string of the molecule is CCc1nc2nc3c(cn2c1C(=O)NCc1ccc(-c2nc4n(n2)CCN(S(=O)(=O)C(F)(F)F)C4)c(F)c1)CCOC3. The van der Waals surface area contributed by atoms with Crippen LogP contribution in [0.25, 0.3) is 17.2 Å². The Hall–Kier alpha value is -3.96. The minimum Gasteiger partial charge on any atom is -0.375 e. The largest absolute Gasteiger partial charge is 0.511 e. The van der Waals surface area contributed by atoms with E-state index in [9.17, 15) is 26.4 Å². The van der Waals surface area contributed by atoms with Crippen LogP contribution in [0.4, 0.5) is 17.6 Å². The van der Waals surface area contributed by atoms with E-state index in [0.717, 1.165) is 11.3 Å². The maximum atomic E-state index is 15.1. The van der Waals surface area contributed by atoms with E-state index >= 15 is 4.39 Å². The number of halogens is 4. The summed E-state index contributed by atoms with van der Waals surface area (Å²) in [5, 5.41) is 6.94. The van der Waals surface area contributed by atoms with E-state index < -0.39 is 40.3 Å². The van der Waals surface area contributed by atoms with Crippen molar-refractivity contribution in [3.8, 4) is 11.4 Å². The average molecular weight is 609 g/mol. The highest BCUT2D eigenvalue weighted by molar-refractivity contribution is 7.89. The molecule has 17 heteroatoms. The van der Waals surface area contributed by atoms with E-state index in [1.54, 1.807) is 10.5 Å². The number of fused-ring (bicyclic) bond motifs is 3. The van der Waals surface area contributed by atoms with Gasteiger partial charge in [-0.3, -0.25) is 9.20 Å². The summed E-state index contributed by atoms with van der Waals surface area (Å²) in [7, 11) is -5.53. The second kappa shape index (κ2) is 10.4. The molecule has 1 N–H and O–H groups in total. The predicted molar refractivity (Wildman–Crippen MR) is 138 cm³/mol. The van der Waals surface area contributed by atoms with Crippen molar-refractivity contribution < 1.29 is 35.5 Å². The number of rotatable bonds is 6. The molecule has 2 aliphatic heterocycles. The summed E-state index contributed by atoms with van der Waals surface area (Å²) in [6, 6.07) is 4.15. The summed E-state index contributed by atoms with van der Waals surface area (Å²) < 4.78 is 86.2. The average Bonchev–Trinajstić information content (AvgIpc) is 3.54. The van der Waals surface area contributed by atoms with E-state index in [1.165, 1.54) is 16.8 Å². The highest BCUT2D eigenvalue weighted by Crippen LogP contribution is 2.30. The van der Waals surface area contributed by atoms with Crippen LogP contribution < -0.4 is 5.32 Å². The van der Waals surface area contributed by atoms with Crippen molar-refractivity contribution in [2.75, 3.05) is 13.2 Å². The minimum atomic E-state index is -5.53. The first-order chi connectivity index (χ1) is 20.0. The molecule has 0 radical (unpaired) electrons. The zero-order chi connectivity index (χ0) is 29.8. The predicted octanol–water partition coefficient (Wildman–Crippen LogP) is 2.36. The van der Waals surface area contributed by atoms with Gasteiger partial charge in [0.25, 0.3) is 5.91 Å². The van der Waals surface area contributed by atoms with Gasteiger partial charge in [-0.2, -0.15) is 22.6 Å². The molecule has 3 aromatic heterocycles. The molecule has 0 unspecified atom stereocenters. The normalized spacial score (nSPS) is 15.9. The molecular formula is C25H24F4N8O4S. The van der Waals surface area contributed by atoms with Crippen LogP contribution in [0.5, 0.6) is 0 Å². The van der Waals surface area contributed by atoms with Gasteiger partial charge in [-0.1, -0.05) is 13.0 Å². The molecular weight excluding hydrogens is 584 g/mol. The first-order valence-corrected chi connectivity index (χ1v) is 14.4. The van der Waals surface area contributed by atoms with E-state index in [-0.39, 0.29) is 34.6 Å². The first kappa shape index (κ1) is 28.2. The Morgan fingerprint density at radius 3 is 2.71 bits per heavy atom. The third kappa shape index (κ3) is 4.90. The number of carbonyl (C=O) groups is 1. The van der Waals surface area contributed by atoms with Gasteiger partial charge in [-0.05, 0) is 36.1 Å². The van der Waals surface area contributed by atoms with Gasteiger partial charge < -0.3 is 10.1 Å².